The fraction of sp³-hybridized carbons (Fsp3) is 0.250. The molecular formula is C12H14ClN3O2S2. The number of sulfonamides is 1. The Morgan fingerprint density at radius 2 is 2.20 bits per heavy atom. The van der Waals surface area contributed by atoms with Crippen molar-refractivity contribution in [1.82, 2.24) is 9.71 Å². The van der Waals surface area contributed by atoms with Gasteiger partial charge in [0.1, 0.15) is 0 Å². The third kappa shape index (κ3) is 3.49. The summed E-state index contributed by atoms with van der Waals surface area (Å²) >= 11 is 7.45. The van der Waals surface area contributed by atoms with Gasteiger partial charge in [-0.1, -0.05) is 11.6 Å². The summed E-state index contributed by atoms with van der Waals surface area (Å²) in [5.74, 6) is 0. The number of nitrogen functional groups attached to an aromatic ring is 1. The number of halogens is 1. The van der Waals surface area contributed by atoms with Crippen molar-refractivity contribution < 1.29 is 8.42 Å². The van der Waals surface area contributed by atoms with Gasteiger partial charge in [0.25, 0.3) is 0 Å². The van der Waals surface area contributed by atoms with Gasteiger partial charge in [-0.3, -0.25) is 0 Å². The normalized spacial score (nSPS) is 11.7. The molecule has 0 spiro atoms. The lowest BCUT2D eigenvalue weighted by Crippen LogP contribution is -2.26. The number of benzene rings is 1. The molecule has 1 aromatic carbocycles. The zero-order valence-electron chi connectivity index (χ0n) is 10.8. The van der Waals surface area contributed by atoms with Crippen molar-refractivity contribution in [1.29, 1.82) is 0 Å². The predicted octanol–water partition coefficient (Wildman–Crippen LogP) is 2.21. The van der Waals surface area contributed by atoms with Gasteiger partial charge in [-0.2, -0.15) is 0 Å². The molecule has 1 heterocycles. The lowest BCUT2D eigenvalue weighted by Gasteiger charge is -2.09. The molecule has 5 nitrogen and oxygen atoms in total. The molecule has 0 aliphatic heterocycles. The molecule has 0 aliphatic carbocycles. The van der Waals surface area contributed by atoms with Gasteiger partial charge in [-0.25, -0.2) is 18.1 Å². The minimum Gasteiger partial charge on any atom is -0.398 e. The van der Waals surface area contributed by atoms with Crippen LogP contribution < -0.4 is 10.5 Å². The zero-order valence-corrected chi connectivity index (χ0v) is 13.1. The van der Waals surface area contributed by atoms with Crippen molar-refractivity contribution in [2.24, 2.45) is 0 Å². The maximum Gasteiger partial charge on any atom is 0.240 e. The number of anilines is 1. The van der Waals surface area contributed by atoms with Crippen molar-refractivity contribution in [3.05, 3.63) is 39.3 Å². The van der Waals surface area contributed by atoms with E-state index in [-0.39, 0.29) is 11.4 Å². The topological polar surface area (TPSA) is 85.1 Å². The number of nitrogens with two attached hydrogens (primary N) is 1. The first-order chi connectivity index (χ1) is 9.40. The summed E-state index contributed by atoms with van der Waals surface area (Å²) in [6, 6.07) is 2.81. The van der Waals surface area contributed by atoms with Crippen molar-refractivity contribution in [3.8, 4) is 0 Å². The van der Waals surface area contributed by atoms with Gasteiger partial charge < -0.3 is 5.73 Å². The summed E-state index contributed by atoms with van der Waals surface area (Å²) < 4.78 is 26.8. The van der Waals surface area contributed by atoms with Crippen molar-refractivity contribution >= 4 is 38.6 Å². The first kappa shape index (κ1) is 15.2. The molecule has 0 unspecified atom stereocenters. The molecule has 1 aromatic heterocycles. The van der Waals surface area contributed by atoms with Crippen LogP contribution in [-0.4, -0.2) is 19.9 Å². The summed E-state index contributed by atoms with van der Waals surface area (Å²) in [5.41, 5.74) is 6.77. The molecule has 2 rings (SSSR count). The third-order valence-electron chi connectivity index (χ3n) is 2.78. The van der Waals surface area contributed by atoms with Crippen molar-refractivity contribution in [3.63, 3.8) is 0 Å². The highest BCUT2D eigenvalue weighted by Crippen LogP contribution is 2.25. The Hall–Kier alpha value is -1.15. The van der Waals surface area contributed by atoms with E-state index in [2.05, 4.69) is 9.71 Å². The molecule has 3 N–H and O–H groups in total. The molecule has 0 radical (unpaired) electrons. The maximum absolute atomic E-state index is 12.1. The highest BCUT2D eigenvalue weighted by Gasteiger charge is 2.16. The quantitative estimate of drug-likeness (QED) is 0.822. The van der Waals surface area contributed by atoms with E-state index in [0.717, 1.165) is 5.01 Å². The van der Waals surface area contributed by atoms with E-state index in [9.17, 15) is 8.42 Å². The lowest BCUT2D eigenvalue weighted by molar-refractivity contribution is 0.581. The standard InChI is InChI=1S/C12H14ClN3O2S2/c1-8-10(13)6-9(7-11(8)14)20(17,18)16-3-2-12-15-4-5-19-12/h4-7,16H,2-3,14H2,1H3. The second kappa shape index (κ2) is 6.09. The Kier molecular flexibility index (Phi) is 4.64. The second-order valence-electron chi connectivity index (χ2n) is 4.19. The molecule has 0 aliphatic rings. The van der Waals surface area contributed by atoms with Gasteiger partial charge in [0, 0.05) is 35.3 Å². The Balaban J connectivity index is 2.10. The van der Waals surface area contributed by atoms with Gasteiger partial charge in [-0.05, 0) is 24.6 Å². The van der Waals surface area contributed by atoms with Crippen molar-refractivity contribution in [2.45, 2.75) is 18.2 Å². The van der Waals surface area contributed by atoms with Gasteiger partial charge in [-0.15, -0.1) is 11.3 Å². The molecule has 8 heteroatoms. The van der Waals surface area contributed by atoms with Gasteiger partial charge in [0.2, 0.25) is 10.0 Å². The molecule has 0 saturated heterocycles. The van der Waals surface area contributed by atoms with E-state index in [1.54, 1.807) is 13.1 Å². The molecule has 0 atom stereocenters. The van der Waals surface area contributed by atoms with E-state index in [0.29, 0.717) is 22.7 Å². The number of nitrogens with zero attached hydrogens (tertiary/aromatic N) is 1. The zero-order chi connectivity index (χ0) is 14.8. The number of thiazole rings is 1. The molecule has 108 valence electrons. The number of nitrogens with one attached hydrogen (secondary N) is 1. The first-order valence-corrected chi connectivity index (χ1v) is 8.58. The van der Waals surface area contributed by atoms with Crippen LogP contribution in [0.3, 0.4) is 0 Å². The summed E-state index contributed by atoms with van der Waals surface area (Å²) in [4.78, 5) is 4.16. The van der Waals surface area contributed by atoms with Gasteiger partial charge >= 0.3 is 0 Å². The fourth-order valence-electron chi connectivity index (χ4n) is 1.58. The smallest absolute Gasteiger partial charge is 0.240 e. The Labute approximate surface area is 126 Å². The average Bonchev–Trinajstić information content (AvgIpc) is 2.88. The SMILES string of the molecule is Cc1c(N)cc(S(=O)(=O)NCCc2nccs2)cc1Cl. The minimum absolute atomic E-state index is 0.0738. The molecule has 0 fully saturated rings. The number of hydrogen-bond acceptors (Lipinski definition) is 5. The summed E-state index contributed by atoms with van der Waals surface area (Å²) in [7, 11) is -3.61. The molecule has 20 heavy (non-hydrogen) atoms. The minimum atomic E-state index is -3.61. The average molecular weight is 332 g/mol. The lowest BCUT2D eigenvalue weighted by atomic mass is 10.2. The van der Waals surface area contributed by atoms with Crippen LogP contribution in [0.25, 0.3) is 0 Å². The van der Waals surface area contributed by atoms with Crippen LogP contribution in [0, 0.1) is 6.92 Å². The van der Waals surface area contributed by atoms with E-state index < -0.39 is 10.0 Å². The highest BCUT2D eigenvalue weighted by molar-refractivity contribution is 7.89. The van der Waals surface area contributed by atoms with Gasteiger partial charge in [0.15, 0.2) is 0 Å². The molecule has 0 amide bonds. The Morgan fingerprint density at radius 3 is 2.80 bits per heavy atom. The molecular weight excluding hydrogens is 318 g/mol. The summed E-state index contributed by atoms with van der Waals surface area (Å²) in [6.45, 7) is 2.02. The second-order valence-corrected chi connectivity index (χ2v) is 7.35. The molecule has 2 aromatic rings. The van der Waals surface area contributed by atoms with Crippen LogP contribution in [-0.2, 0) is 16.4 Å². The van der Waals surface area contributed by atoms with Crippen molar-refractivity contribution in [2.75, 3.05) is 12.3 Å². The predicted molar refractivity (Wildman–Crippen MR) is 81.6 cm³/mol. The van der Waals surface area contributed by atoms with Crippen LogP contribution in [0.1, 0.15) is 10.6 Å². The van der Waals surface area contributed by atoms with Crippen LogP contribution in [0.5, 0.6) is 0 Å². The molecule has 0 bridgehead atoms. The number of hydrogen-bond donors (Lipinski definition) is 2. The molecule has 0 saturated carbocycles. The number of aromatic nitrogens is 1. The Morgan fingerprint density at radius 1 is 1.45 bits per heavy atom. The van der Waals surface area contributed by atoms with E-state index in [1.165, 1.54) is 23.5 Å². The summed E-state index contributed by atoms with van der Waals surface area (Å²) in [5, 5.41) is 3.07. The van der Waals surface area contributed by atoms with Crippen LogP contribution in [0.2, 0.25) is 5.02 Å². The van der Waals surface area contributed by atoms with Crippen LogP contribution in [0.15, 0.2) is 28.6 Å². The highest BCUT2D eigenvalue weighted by atomic mass is 35.5. The largest absolute Gasteiger partial charge is 0.398 e. The fourth-order valence-corrected chi connectivity index (χ4v) is 3.59. The summed E-state index contributed by atoms with van der Waals surface area (Å²) in [6.07, 6.45) is 2.24. The monoisotopic (exact) mass is 331 g/mol. The maximum atomic E-state index is 12.1. The van der Waals surface area contributed by atoms with Crippen LogP contribution in [0.4, 0.5) is 5.69 Å². The van der Waals surface area contributed by atoms with E-state index in [4.69, 9.17) is 17.3 Å². The van der Waals surface area contributed by atoms with Gasteiger partial charge in [0.05, 0.1) is 9.90 Å². The van der Waals surface area contributed by atoms with Crippen LogP contribution >= 0.6 is 22.9 Å². The number of rotatable bonds is 5. The Bertz CT molecular complexity index is 676. The van der Waals surface area contributed by atoms with E-state index >= 15 is 0 Å². The third-order valence-corrected chi connectivity index (χ3v) is 5.46. The van der Waals surface area contributed by atoms with E-state index in [1.807, 2.05) is 5.38 Å². The first-order valence-electron chi connectivity index (χ1n) is 5.84.